The SMILES string of the molecule is CNC(c1ccc(-c2ccc(C3OC(C)(C)N(C(=O)C(F)F)C3CF)cc2)cn1)C(F)(F)F. The van der Waals surface area contributed by atoms with Crippen molar-refractivity contribution in [1.29, 1.82) is 0 Å². The van der Waals surface area contributed by atoms with Gasteiger partial charge in [0.1, 0.15) is 24.5 Å². The first-order valence-corrected chi connectivity index (χ1v) is 10.1. The molecule has 1 aliphatic rings. The molecule has 1 aliphatic heterocycles. The number of carbonyl (C=O) groups is 1. The summed E-state index contributed by atoms with van der Waals surface area (Å²) in [5, 5.41) is 2.18. The van der Waals surface area contributed by atoms with Crippen molar-refractivity contribution in [1.82, 2.24) is 15.2 Å². The molecule has 3 unspecified atom stereocenters. The average Bonchev–Trinajstić information content (AvgIpc) is 3.03. The average molecular weight is 475 g/mol. The zero-order chi connectivity index (χ0) is 24.6. The molecule has 1 aromatic carbocycles. The van der Waals surface area contributed by atoms with Crippen LogP contribution < -0.4 is 5.32 Å². The van der Waals surface area contributed by atoms with Crippen LogP contribution in [-0.4, -0.2) is 53.9 Å². The highest BCUT2D eigenvalue weighted by molar-refractivity contribution is 5.80. The number of carbonyl (C=O) groups excluding carboxylic acids is 1. The standard InChI is InChI=1S/C22H23F6N3O2/c1-21(2)31(20(32)19(24)25)16(10-23)17(33-21)13-6-4-12(5-7-13)14-8-9-15(30-11-14)18(29-3)22(26,27)28/h4-9,11,16-19,29H,10H2,1-3H3. The van der Waals surface area contributed by atoms with Crippen LogP contribution in [0, 0.1) is 0 Å². The molecule has 3 rings (SSSR count). The Bertz CT molecular complexity index is 964. The van der Waals surface area contributed by atoms with Crippen LogP contribution in [0.2, 0.25) is 0 Å². The number of nitrogens with one attached hydrogen (secondary N) is 1. The summed E-state index contributed by atoms with van der Waals surface area (Å²) in [5.74, 6) is -1.51. The Morgan fingerprint density at radius 3 is 2.21 bits per heavy atom. The maximum absolute atomic E-state index is 13.8. The van der Waals surface area contributed by atoms with Gasteiger partial charge in [0.15, 0.2) is 0 Å². The first-order valence-electron chi connectivity index (χ1n) is 10.1. The maximum atomic E-state index is 13.8. The second kappa shape index (κ2) is 9.30. The topological polar surface area (TPSA) is 54.5 Å². The van der Waals surface area contributed by atoms with E-state index in [1.165, 1.54) is 39.2 Å². The van der Waals surface area contributed by atoms with Crippen LogP contribution in [-0.2, 0) is 9.53 Å². The number of pyridine rings is 1. The molecule has 180 valence electrons. The van der Waals surface area contributed by atoms with Crippen molar-refractivity contribution in [2.75, 3.05) is 13.7 Å². The molecule has 33 heavy (non-hydrogen) atoms. The number of nitrogens with zero attached hydrogens (tertiary/aromatic N) is 2. The monoisotopic (exact) mass is 475 g/mol. The molecule has 0 spiro atoms. The van der Waals surface area contributed by atoms with Crippen molar-refractivity contribution in [3.05, 3.63) is 53.9 Å². The number of hydrogen-bond donors (Lipinski definition) is 1. The van der Waals surface area contributed by atoms with Crippen LogP contribution in [0.25, 0.3) is 11.1 Å². The van der Waals surface area contributed by atoms with E-state index in [-0.39, 0.29) is 5.69 Å². The number of halogens is 6. The van der Waals surface area contributed by atoms with Gasteiger partial charge in [0.2, 0.25) is 0 Å². The van der Waals surface area contributed by atoms with Crippen LogP contribution in [0.5, 0.6) is 0 Å². The van der Waals surface area contributed by atoms with E-state index < -0.39 is 49.1 Å². The zero-order valence-electron chi connectivity index (χ0n) is 18.0. The second-order valence-corrected chi connectivity index (χ2v) is 8.07. The highest BCUT2D eigenvalue weighted by atomic mass is 19.4. The van der Waals surface area contributed by atoms with Crippen molar-refractivity contribution in [2.24, 2.45) is 0 Å². The number of amides is 1. The highest BCUT2D eigenvalue weighted by Crippen LogP contribution is 2.42. The molecule has 1 fully saturated rings. The molecular formula is C22H23F6N3O2. The predicted molar refractivity (Wildman–Crippen MR) is 108 cm³/mol. The Hall–Kier alpha value is -2.66. The van der Waals surface area contributed by atoms with Crippen LogP contribution in [0.4, 0.5) is 26.3 Å². The quantitative estimate of drug-likeness (QED) is 0.610. The Morgan fingerprint density at radius 1 is 1.15 bits per heavy atom. The number of alkyl halides is 6. The molecule has 0 bridgehead atoms. The van der Waals surface area contributed by atoms with Gasteiger partial charge in [0.05, 0.1) is 11.7 Å². The van der Waals surface area contributed by atoms with Crippen molar-refractivity contribution < 1.29 is 35.9 Å². The molecule has 2 heterocycles. The third-order valence-corrected chi connectivity index (χ3v) is 5.53. The van der Waals surface area contributed by atoms with Crippen molar-refractivity contribution in [2.45, 2.75) is 50.4 Å². The van der Waals surface area contributed by atoms with Gasteiger partial charge in [0, 0.05) is 11.8 Å². The first kappa shape index (κ1) is 25.0. The van der Waals surface area contributed by atoms with Gasteiger partial charge < -0.3 is 15.0 Å². The minimum absolute atomic E-state index is 0.179. The molecule has 1 amide bonds. The molecule has 0 radical (unpaired) electrons. The normalized spacial score (nSPS) is 21.5. The Labute approximate surface area is 186 Å². The van der Waals surface area contributed by atoms with Crippen LogP contribution in [0.3, 0.4) is 0 Å². The van der Waals surface area contributed by atoms with Crippen molar-refractivity contribution in [3.63, 3.8) is 0 Å². The minimum atomic E-state index is -4.49. The maximum Gasteiger partial charge on any atom is 0.409 e. The summed E-state index contributed by atoms with van der Waals surface area (Å²) >= 11 is 0. The number of aromatic nitrogens is 1. The van der Waals surface area contributed by atoms with Crippen LogP contribution in [0.1, 0.15) is 37.3 Å². The molecule has 0 saturated carbocycles. The molecule has 5 nitrogen and oxygen atoms in total. The summed E-state index contributed by atoms with van der Waals surface area (Å²) in [5.41, 5.74) is 0.0276. The Morgan fingerprint density at radius 2 is 1.76 bits per heavy atom. The van der Waals surface area contributed by atoms with Gasteiger partial charge in [-0.25, -0.2) is 4.39 Å². The fourth-order valence-corrected chi connectivity index (χ4v) is 4.05. The number of hydrogen-bond acceptors (Lipinski definition) is 4. The second-order valence-electron chi connectivity index (χ2n) is 8.07. The highest BCUT2D eigenvalue weighted by Gasteiger charge is 2.52. The van der Waals surface area contributed by atoms with E-state index in [0.29, 0.717) is 16.7 Å². The number of benzene rings is 1. The molecule has 1 N–H and O–H groups in total. The summed E-state index contributed by atoms with van der Waals surface area (Å²) in [6.07, 6.45) is -7.45. The molecule has 1 aromatic heterocycles. The van der Waals surface area contributed by atoms with Gasteiger partial charge in [-0.1, -0.05) is 30.3 Å². The van der Waals surface area contributed by atoms with Crippen LogP contribution in [0.15, 0.2) is 42.6 Å². The molecule has 1 saturated heterocycles. The minimum Gasteiger partial charge on any atom is -0.346 e. The van der Waals surface area contributed by atoms with E-state index >= 15 is 0 Å². The Balaban J connectivity index is 1.83. The van der Waals surface area contributed by atoms with Gasteiger partial charge in [-0.2, -0.15) is 22.0 Å². The number of ether oxygens (including phenoxy) is 1. The fraction of sp³-hybridized carbons (Fsp3) is 0.455. The van der Waals surface area contributed by atoms with E-state index in [1.807, 2.05) is 0 Å². The lowest BCUT2D eigenvalue weighted by Crippen LogP contribution is -2.51. The van der Waals surface area contributed by atoms with E-state index in [1.54, 1.807) is 24.3 Å². The summed E-state index contributed by atoms with van der Waals surface area (Å²) < 4.78 is 84.8. The summed E-state index contributed by atoms with van der Waals surface area (Å²) in [6, 6.07) is 6.10. The van der Waals surface area contributed by atoms with E-state index in [0.717, 1.165) is 4.90 Å². The predicted octanol–water partition coefficient (Wildman–Crippen LogP) is 4.81. The van der Waals surface area contributed by atoms with Gasteiger partial charge in [-0.3, -0.25) is 9.78 Å². The molecular weight excluding hydrogens is 452 g/mol. The van der Waals surface area contributed by atoms with E-state index in [9.17, 15) is 31.1 Å². The van der Waals surface area contributed by atoms with Crippen molar-refractivity contribution in [3.8, 4) is 11.1 Å². The largest absolute Gasteiger partial charge is 0.409 e. The Kier molecular flexibility index (Phi) is 7.04. The summed E-state index contributed by atoms with van der Waals surface area (Å²) in [7, 11) is 1.19. The molecule has 0 aliphatic carbocycles. The van der Waals surface area contributed by atoms with Crippen LogP contribution >= 0.6 is 0 Å². The zero-order valence-corrected chi connectivity index (χ0v) is 18.0. The fourth-order valence-electron chi connectivity index (χ4n) is 4.05. The first-order chi connectivity index (χ1) is 15.4. The third kappa shape index (κ3) is 4.98. The molecule has 11 heteroatoms. The van der Waals surface area contributed by atoms with Gasteiger partial charge in [-0.15, -0.1) is 0 Å². The van der Waals surface area contributed by atoms with Gasteiger partial charge >= 0.3 is 12.6 Å². The summed E-state index contributed by atoms with van der Waals surface area (Å²) in [6.45, 7) is 1.75. The third-order valence-electron chi connectivity index (χ3n) is 5.53. The summed E-state index contributed by atoms with van der Waals surface area (Å²) in [4.78, 5) is 16.6. The smallest absolute Gasteiger partial charge is 0.346 e. The lowest BCUT2D eigenvalue weighted by Gasteiger charge is -2.32. The van der Waals surface area contributed by atoms with E-state index in [2.05, 4.69) is 10.3 Å². The van der Waals surface area contributed by atoms with Gasteiger partial charge in [-0.05, 0) is 38.1 Å². The number of rotatable bonds is 6. The molecule has 3 atom stereocenters. The molecule has 2 aromatic rings. The van der Waals surface area contributed by atoms with E-state index in [4.69, 9.17) is 4.74 Å². The lowest BCUT2D eigenvalue weighted by molar-refractivity contribution is -0.159. The van der Waals surface area contributed by atoms with Crippen molar-refractivity contribution >= 4 is 5.91 Å². The lowest BCUT2D eigenvalue weighted by atomic mass is 9.99. The van der Waals surface area contributed by atoms with Gasteiger partial charge in [0.25, 0.3) is 5.91 Å².